The van der Waals surface area contributed by atoms with Crippen LogP contribution in [-0.4, -0.2) is 32.4 Å². The van der Waals surface area contributed by atoms with Gasteiger partial charge in [0, 0.05) is 17.7 Å². The first-order valence-electron chi connectivity index (χ1n) is 9.94. The van der Waals surface area contributed by atoms with Crippen molar-refractivity contribution in [3.8, 4) is 22.6 Å². The van der Waals surface area contributed by atoms with Crippen molar-refractivity contribution in [3.63, 3.8) is 0 Å². The zero-order valence-electron chi connectivity index (χ0n) is 16.5. The number of fused-ring (bicyclic) bond motifs is 1. The number of hydrogen-bond acceptors (Lipinski definition) is 8. The predicted molar refractivity (Wildman–Crippen MR) is 118 cm³/mol. The Bertz CT molecular complexity index is 1200. The molecule has 1 aliphatic carbocycles. The summed E-state index contributed by atoms with van der Waals surface area (Å²) in [5, 5.41) is 23.6. The molecule has 0 unspecified atom stereocenters. The third-order valence-electron chi connectivity index (χ3n) is 5.43. The molecule has 0 amide bonds. The summed E-state index contributed by atoms with van der Waals surface area (Å²) in [4.78, 5) is 9.23. The second kappa shape index (κ2) is 7.87. The molecule has 0 radical (unpaired) electrons. The normalized spacial score (nSPS) is 14.3. The van der Waals surface area contributed by atoms with Gasteiger partial charge >= 0.3 is 0 Å². The van der Waals surface area contributed by atoms with Crippen molar-refractivity contribution in [2.24, 2.45) is 0 Å². The number of nitrogens with zero attached hydrogens (tertiary/aromatic N) is 4. The van der Waals surface area contributed by atoms with Gasteiger partial charge in [0.05, 0.1) is 18.1 Å². The van der Waals surface area contributed by atoms with Gasteiger partial charge in [-0.05, 0) is 48.7 Å². The topological polar surface area (TPSA) is 93.0 Å². The zero-order valence-corrected chi connectivity index (χ0v) is 17.3. The average Bonchev–Trinajstić information content (AvgIpc) is 3.46. The summed E-state index contributed by atoms with van der Waals surface area (Å²) in [6, 6.07) is 11.0. The number of aromatic hydroxyl groups is 1. The Labute approximate surface area is 177 Å². The second-order valence-corrected chi connectivity index (χ2v) is 8.41. The van der Waals surface area contributed by atoms with Gasteiger partial charge < -0.3 is 15.2 Å². The van der Waals surface area contributed by atoms with Crippen LogP contribution in [0, 0.1) is 0 Å². The largest absolute Gasteiger partial charge is 0.504 e. The number of benzene rings is 1. The molecule has 7 nitrogen and oxygen atoms in total. The first kappa shape index (κ1) is 18.7. The third kappa shape index (κ3) is 3.66. The van der Waals surface area contributed by atoms with Crippen molar-refractivity contribution < 1.29 is 9.84 Å². The lowest BCUT2D eigenvalue weighted by Gasteiger charge is -2.08. The number of aromatic nitrogens is 4. The van der Waals surface area contributed by atoms with E-state index in [0.717, 1.165) is 32.3 Å². The zero-order chi connectivity index (χ0) is 20.5. The van der Waals surface area contributed by atoms with E-state index in [9.17, 15) is 5.11 Å². The Hall–Kier alpha value is -3.26. The molecule has 0 aliphatic heterocycles. The summed E-state index contributed by atoms with van der Waals surface area (Å²) >= 11 is 1.61. The number of phenolic OH excluding ortho intramolecular Hbond substituents is 1. The van der Waals surface area contributed by atoms with E-state index in [1.165, 1.54) is 32.8 Å². The van der Waals surface area contributed by atoms with Gasteiger partial charge in [-0.15, -0.1) is 10.2 Å². The maximum Gasteiger partial charge on any atom is 0.211 e. The number of phenols is 1. The lowest BCUT2D eigenvalue weighted by atomic mass is 10.1. The molecule has 1 saturated carbocycles. The number of anilines is 2. The highest BCUT2D eigenvalue weighted by Crippen LogP contribution is 2.37. The standard InChI is InChI=1S/C22H21N5O2S/c1-29-19-11-14(6-8-18(19)28)15-10-17-16(23-12-15)7-9-20(24-17)25-22-27-26-21(30-22)13-4-2-3-5-13/h6-13,28H,2-5H2,1H3,(H,24,25,27). The Morgan fingerprint density at radius 3 is 2.73 bits per heavy atom. The fourth-order valence-corrected chi connectivity index (χ4v) is 4.74. The van der Waals surface area contributed by atoms with Crippen molar-refractivity contribution in [3.05, 3.63) is 47.6 Å². The van der Waals surface area contributed by atoms with E-state index < -0.39 is 0 Å². The van der Waals surface area contributed by atoms with Crippen LogP contribution in [0.5, 0.6) is 11.5 Å². The molecule has 30 heavy (non-hydrogen) atoms. The monoisotopic (exact) mass is 419 g/mol. The van der Waals surface area contributed by atoms with Crippen molar-refractivity contribution in [2.75, 3.05) is 12.4 Å². The lowest BCUT2D eigenvalue weighted by molar-refractivity contribution is 0.373. The SMILES string of the molecule is COc1cc(-c2cnc3ccc(Nc4nnc(C5CCCC5)s4)nc3c2)ccc1O. The van der Waals surface area contributed by atoms with Crippen molar-refractivity contribution >= 4 is 33.3 Å². The van der Waals surface area contributed by atoms with E-state index in [4.69, 9.17) is 9.72 Å². The molecule has 5 rings (SSSR count). The van der Waals surface area contributed by atoms with Crippen LogP contribution in [0.2, 0.25) is 0 Å². The highest BCUT2D eigenvalue weighted by molar-refractivity contribution is 7.15. The molecule has 1 aliphatic rings. The van der Waals surface area contributed by atoms with E-state index in [0.29, 0.717) is 17.5 Å². The van der Waals surface area contributed by atoms with Gasteiger partial charge in [0.15, 0.2) is 11.5 Å². The fraction of sp³-hybridized carbons (Fsp3) is 0.273. The smallest absolute Gasteiger partial charge is 0.211 e. The van der Waals surface area contributed by atoms with Gasteiger partial charge in [-0.25, -0.2) is 4.98 Å². The van der Waals surface area contributed by atoms with Crippen LogP contribution in [0.25, 0.3) is 22.2 Å². The number of rotatable bonds is 5. The lowest BCUT2D eigenvalue weighted by Crippen LogP contribution is -1.94. The summed E-state index contributed by atoms with van der Waals surface area (Å²) in [5.41, 5.74) is 3.36. The number of nitrogens with one attached hydrogen (secondary N) is 1. The van der Waals surface area contributed by atoms with Crippen molar-refractivity contribution in [1.82, 2.24) is 20.2 Å². The first-order chi connectivity index (χ1) is 14.7. The maximum atomic E-state index is 9.83. The molecule has 1 aromatic carbocycles. The average molecular weight is 420 g/mol. The van der Waals surface area contributed by atoms with Crippen LogP contribution >= 0.6 is 11.3 Å². The van der Waals surface area contributed by atoms with Crippen molar-refractivity contribution in [2.45, 2.75) is 31.6 Å². The third-order valence-corrected chi connectivity index (χ3v) is 6.43. The summed E-state index contributed by atoms with van der Waals surface area (Å²) in [7, 11) is 1.53. The van der Waals surface area contributed by atoms with Crippen LogP contribution < -0.4 is 10.1 Å². The van der Waals surface area contributed by atoms with Gasteiger partial charge in [0.2, 0.25) is 5.13 Å². The van der Waals surface area contributed by atoms with Crippen LogP contribution in [0.4, 0.5) is 10.9 Å². The molecule has 0 bridgehead atoms. The molecule has 2 N–H and O–H groups in total. The summed E-state index contributed by atoms with van der Waals surface area (Å²) in [6.45, 7) is 0. The molecular formula is C22H21N5O2S. The highest BCUT2D eigenvalue weighted by atomic mass is 32.1. The van der Waals surface area contributed by atoms with Crippen LogP contribution in [0.15, 0.2) is 42.6 Å². The molecular weight excluding hydrogens is 398 g/mol. The first-order valence-corrected chi connectivity index (χ1v) is 10.8. The minimum absolute atomic E-state index is 0.105. The summed E-state index contributed by atoms with van der Waals surface area (Å²) in [6.07, 6.45) is 6.77. The summed E-state index contributed by atoms with van der Waals surface area (Å²) in [5.74, 6) is 1.79. The van der Waals surface area contributed by atoms with Gasteiger partial charge in [-0.1, -0.05) is 30.2 Å². The van der Waals surface area contributed by atoms with E-state index in [1.807, 2.05) is 24.3 Å². The number of ether oxygens (including phenoxy) is 1. The van der Waals surface area contributed by atoms with E-state index in [-0.39, 0.29) is 5.75 Å². The summed E-state index contributed by atoms with van der Waals surface area (Å²) < 4.78 is 5.21. The van der Waals surface area contributed by atoms with Crippen molar-refractivity contribution in [1.29, 1.82) is 0 Å². The number of methoxy groups -OCH3 is 1. The van der Waals surface area contributed by atoms with Crippen LogP contribution in [0.1, 0.15) is 36.6 Å². The molecule has 152 valence electrons. The van der Waals surface area contributed by atoms with Gasteiger partial charge in [0.1, 0.15) is 10.8 Å². The molecule has 0 spiro atoms. The predicted octanol–water partition coefficient (Wildman–Crippen LogP) is 5.26. The van der Waals surface area contributed by atoms with E-state index in [2.05, 4.69) is 20.5 Å². The molecule has 8 heteroatoms. The van der Waals surface area contributed by atoms with Crippen LogP contribution in [0.3, 0.4) is 0 Å². The Kier molecular flexibility index (Phi) is 4.92. The Balaban J connectivity index is 1.42. The highest BCUT2D eigenvalue weighted by Gasteiger charge is 2.21. The second-order valence-electron chi connectivity index (χ2n) is 7.40. The number of pyridine rings is 2. The molecule has 1 fully saturated rings. The van der Waals surface area contributed by atoms with Gasteiger partial charge in [0.25, 0.3) is 0 Å². The fourth-order valence-electron chi connectivity index (χ4n) is 3.82. The molecule has 3 heterocycles. The number of hydrogen-bond donors (Lipinski definition) is 2. The Morgan fingerprint density at radius 1 is 1.03 bits per heavy atom. The molecule has 3 aromatic heterocycles. The minimum atomic E-state index is 0.105. The minimum Gasteiger partial charge on any atom is -0.504 e. The molecule has 0 saturated heterocycles. The quantitative estimate of drug-likeness (QED) is 0.455. The maximum absolute atomic E-state index is 9.83. The molecule has 4 aromatic rings. The van der Waals surface area contributed by atoms with Gasteiger partial charge in [-0.3, -0.25) is 4.98 Å². The van der Waals surface area contributed by atoms with Crippen LogP contribution in [-0.2, 0) is 0 Å². The van der Waals surface area contributed by atoms with E-state index in [1.54, 1.807) is 29.7 Å². The Morgan fingerprint density at radius 2 is 1.90 bits per heavy atom. The van der Waals surface area contributed by atoms with Gasteiger partial charge in [-0.2, -0.15) is 0 Å². The molecule has 0 atom stereocenters. The van der Waals surface area contributed by atoms with E-state index >= 15 is 0 Å².